The summed E-state index contributed by atoms with van der Waals surface area (Å²) in [6, 6.07) is 15.7. The largest absolute Gasteiger partial charge is 0.378 e. The van der Waals surface area contributed by atoms with E-state index < -0.39 is 11.6 Å². The summed E-state index contributed by atoms with van der Waals surface area (Å²) in [6.07, 6.45) is 1.51. The molecule has 3 atom stereocenters. The Kier molecular flexibility index (Phi) is 8.00. The van der Waals surface area contributed by atoms with Crippen LogP contribution >= 0.6 is 39.3 Å². The van der Waals surface area contributed by atoms with Crippen molar-refractivity contribution >= 4 is 56.3 Å². The van der Waals surface area contributed by atoms with E-state index in [-0.39, 0.29) is 23.8 Å². The minimum Gasteiger partial charge on any atom is -0.378 e. The number of thioether (sulfide) groups is 1. The standard InChI is InChI=1S/C31H34BrClN4O3S/c1-19(2)25-26(29(39)36-14-4-5-24(36)28(38)35-15-17-40-18-16-35)41-30-34-31(3,21-8-10-22(32)11-9-21)27(37(25)30)20-6-12-23(33)13-7-20/h6-13,19,24,27H,4-5,14-18H2,1-3H3/t24-,27+,31-/m0/s1. The zero-order valence-corrected chi connectivity index (χ0v) is 26.6. The van der Waals surface area contributed by atoms with Crippen molar-refractivity contribution in [1.29, 1.82) is 0 Å². The summed E-state index contributed by atoms with van der Waals surface area (Å²) in [7, 11) is 0. The Hall–Kier alpha value is -2.33. The summed E-state index contributed by atoms with van der Waals surface area (Å²) in [5.41, 5.74) is 2.54. The van der Waals surface area contributed by atoms with Crippen LogP contribution in [0.2, 0.25) is 5.02 Å². The van der Waals surface area contributed by atoms with Crippen molar-refractivity contribution in [2.45, 2.75) is 51.2 Å². The van der Waals surface area contributed by atoms with Crippen LogP contribution in [0, 0.1) is 5.92 Å². The lowest BCUT2D eigenvalue weighted by molar-refractivity contribution is -0.144. The van der Waals surface area contributed by atoms with Crippen LogP contribution in [0.5, 0.6) is 0 Å². The fourth-order valence-corrected chi connectivity index (χ4v) is 8.21. The maximum atomic E-state index is 14.3. The molecule has 4 aliphatic rings. The first-order chi connectivity index (χ1) is 19.7. The zero-order chi connectivity index (χ0) is 28.9. The zero-order valence-electron chi connectivity index (χ0n) is 23.5. The van der Waals surface area contributed by atoms with Gasteiger partial charge < -0.3 is 19.4 Å². The van der Waals surface area contributed by atoms with Crippen molar-refractivity contribution in [1.82, 2.24) is 14.7 Å². The minimum absolute atomic E-state index is 0.0357. The SMILES string of the molecule is CC(C)C1=C(C(=O)N2CCC[C@H]2C(=O)N2CCOCC2)SC2=N[C@@](C)(c3ccc(Br)cc3)[C@@H](c3ccc(Cl)cc3)N21. The summed E-state index contributed by atoms with van der Waals surface area (Å²) < 4.78 is 6.45. The first-order valence-corrected chi connectivity index (χ1v) is 16.2. The van der Waals surface area contributed by atoms with E-state index in [9.17, 15) is 9.59 Å². The molecule has 2 saturated heterocycles. The lowest BCUT2D eigenvalue weighted by Crippen LogP contribution is -2.51. The highest BCUT2D eigenvalue weighted by molar-refractivity contribution is 9.10. The molecule has 0 saturated carbocycles. The number of nitrogens with zero attached hydrogens (tertiary/aromatic N) is 4. The van der Waals surface area contributed by atoms with E-state index in [0.717, 1.165) is 32.9 Å². The summed E-state index contributed by atoms with van der Waals surface area (Å²) in [6.45, 7) is 9.24. The molecule has 41 heavy (non-hydrogen) atoms. The Morgan fingerprint density at radius 1 is 1.07 bits per heavy atom. The smallest absolute Gasteiger partial charge is 0.263 e. The van der Waals surface area contributed by atoms with Gasteiger partial charge in [-0.1, -0.05) is 65.6 Å². The van der Waals surface area contributed by atoms with Gasteiger partial charge in [-0.3, -0.25) is 9.59 Å². The molecule has 6 rings (SSSR count). The van der Waals surface area contributed by atoms with Crippen LogP contribution in [0.15, 0.2) is 68.6 Å². The van der Waals surface area contributed by atoms with E-state index in [1.165, 1.54) is 11.8 Å². The quantitative estimate of drug-likeness (QED) is 0.384. The van der Waals surface area contributed by atoms with Gasteiger partial charge in [0.1, 0.15) is 16.5 Å². The van der Waals surface area contributed by atoms with Gasteiger partial charge in [-0.05, 0) is 72.8 Å². The lowest BCUT2D eigenvalue weighted by Gasteiger charge is -2.37. The molecular weight excluding hydrogens is 624 g/mol. The fraction of sp³-hybridized carbons (Fsp3) is 0.452. The van der Waals surface area contributed by atoms with Gasteiger partial charge in [0.2, 0.25) is 5.91 Å². The van der Waals surface area contributed by atoms with Gasteiger partial charge in [-0.2, -0.15) is 0 Å². The number of aliphatic imine (C=N–C) groups is 1. The first-order valence-electron chi connectivity index (χ1n) is 14.2. The van der Waals surface area contributed by atoms with E-state index in [1.807, 2.05) is 29.2 Å². The van der Waals surface area contributed by atoms with Crippen LogP contribution in [0.3, 0.4) is 0 Å². The second-order valence-corrected chi connectivity index (χ2v) is 13.8. The van der Waals surface area contributed by atoms with Gasteiger partial charge in [0.05, 0.1) is 19.3 Å². The van der Waals surface area contributed by atoms with Gasteiger partial charge >= 0.3 is 0 Å². The molecular formula is C31H34BrClN4O3S. The number of hydrogen-bond acceptors (Lipinski definition) is 6. The Bertz CT molecular complexity index is 1410. The summed E-state index contributed by atoms with van der Waals surface area (Å²) in [4.78, 5) is 39.7. The van der Waals surface area contributed by atoms with Gasteiger partial charge in [-0.25, -0.2) is 4.99 Å². The van der Waals surface area contributed by atoms with Crippen LogP contribution in [0.25, 0.3) is 0 Å². The molecule has 0 aliphatic carbocycles. The van der Waals surface area contributed by atoms with Crippen LogP contribution in [0.1, 0.15) is 50.8 Å². The van der Waals surface area contributed by atoms with E-state index in [4.69, 9.17) is 21.3 Å². The molecule has 0 aromatic heterocycles. The summed E-state index contributed by atoms with van der Waals surface area (Å²) >= 11 is 11.3. The molecule has 4 heterocycles. The predicted octanol–water partition coefficient (Wildman–Crippen LogP) is 6.19. The number of hydrogen-bond donors (Lipinski definition) is 0. The minimum atomic E-state index is -0.589. The highest BCUT2D eigenvalue weighted by Crippen LogP contribution is 2.56. The molecule has 0 spiro atoms. The predicted molar refractivity (Wildman–Crippen MR) is 167 cm³/mol. The molecule has 2 amide bonds. The van der Waals surface area contributed by atoms with Gasteiger partial charge in [0.15, 0.2) is 5.17 Å². The molecule has 7 nitrogen and oxygen atoms in total. The molecule has 0 bridgehead atoms. The Morgan fingerprint density at radius 2 is 1.76 bits per heavy atom. The second kappa shape index (κ2) is 11.4. The van der Waals surface area contributed by atoms with Crippen LogP contribution < -0.4 is 0 Å². The van der Waals surface area contributed by atoms with Crippen molar-refractivity contribution in [2.75, 3.05) is 32.8 Å². The van der Waals surface area contributed by atoms with Crippen LogP contribution in [0.4, 0.5) is 0 Å². The Morgan fingerprint density at radius 3 is 2.41 bits per heavy atom. The van der Waals surface area contributed by atoms with Gasteiger partial charge in [-0.15, -0.1) is 0 Å². The Labute approximate surface area is 259 Å². The molecule has 2 aromatic rings. The van der Waals surface area contributed by atoms with Crippen molar-refractivity contribution in [3.8, 4) is 0 Å². The third kappa shape index (κ3) is 5.13. The number of ether oxygens (including phenoxy) is 1. The summed E-state index contributed by atoms with van der Waals surface area (Å²) in [5.74, 6) is 0.0286. The molecule has 0 N–H and O–H groups in total. The molecule has 0 radical (unpaired) electrons. The third-order valence-corrected chi connectivity index (χ3v) is 10.3. The molecule has 216 valence electrons. The van der Waals surface area contributed by atoms with Crippen molar-refractivity contribution < 1.29 is 14.3 Å². The number of halogens is 2. The van der Waals surface area contributed by atoms with Crippen molar-refractivity contribution in [3.63, 3.8) is 0 Å². The van der Waals surface area contributed by atoms with Crippen molar-refractivity contribution in [2.24, 2.45) is 10.9 Å². The van der Waals surface area contributed by atoms with E-state index in [0.29, 0.717) is 49.2 Å². The number of amidine groups is 1. The molecule has 0 unspecified atom stereocenters. The molecule has 2 fully saturated rings. The second-order valence-electron chi connectivity index (χ2n) is 11.4. The molecule has 2 aromatic carbocycles. The van der Waals surface area contributed by atoms with Gasteiger partial charge in [0.25, 0.3) is 5.91 Å². The molecule has 4 aliphatic heterocycles. The number of carbonyl (C=O) groups is 2. The lowest BCUT2D eigenvalue weighted by atomic mass is 9.81. The average Bonchev–Trinajstić information content (AvgIpc) is 3.66. The number of carbonyl (C=O) groups excluding carboxylic acids is 2. The van der Waals surface area contributed by atoms with Crippen LogP contribution in [-0.2, 0) is 19.9 Å². The highest BCUT2D eigenvalue weighted by atomic mass is 79.9. The maximum absolute atomic E-state index is 14.3. The number of morpholine rings is 1. The van der Waals surface area contributed by atoms with E-state index in [2.05, 4.69) is 65.9 Å². The number of allylic oxidation sites excluding steroid dienone is 1. The third-order valence-electron chi connectivity index (χ3n) is 8.49. The highest BCUT2D eigenvalue weighted by Gasteiger charge is 2.54. The number of fused-ring (bicyclic) bond motifs is 1. The summed E-state index contributed by atoms with van der Waals surface area (Å²) in [5, 5.41) is 1.49. The fourth-order valence-electron chi connectivity index (χ4n) is 6.46. The number of likely N-dealkylation sites (tertiary alicyclic amines) is 1. The number of benzene rings is 2. The van der Waals surface area contributed by atoms with Crippen molar-refractivity contribution in [3.05, 3.63) is 79.8 Å². The normalized spacial score (nSPS) is 26.2. The molecule has 10 heteroatoms. The first kappa shape index (κ1) is 28.8. The van der Waals surface area contributed by atoms with Gasteiger partial charge in [0, 0.05) is 34.8 Å². The monoisotopic (exact) mass is 656 g/mol. The average molecular weight is 658 g/mol. The number of rotatable bonds is 5. The van der Waals surface area contributed by atoms with E-state index in [1.54, 1.807) is 4.90 Å². The topological polar surface area (TPSA) is 65.5 Å². The maximum Gasteiger partial charge on any atom is 0.263 e. The van der Waals surface area contributed by atoms with Crippen LogP contribution in [-0.4, -0.2) is 70.6 Å². The number of amides is 2. The Balaban J connectivity index is 1.39. The van der Waals surface area contributed by atoms with E-state index >= 15 is 0 Å².